The fourth-order valence-electron chi connectivity index (χ4n) is 3.32. The summed E-state index contributed by atoms with van der Waals surface area (Å²) in [5.41, 5.74) is -0.102. The molecule has 0 bridgehead atoms. The molecule has 1 aliphatic rings. The minimum absolute atomic E-state index is 0.0785. The van der Waals surface area contributed by atoms with Crippen LogP contribution in [0.2, 0.25) is 5.22 Å². The molecule has 2 aromatic rings. The molecule has 2 heterocycles. The van der Waals surface area contributed by atoms with Gasteiger partial charge in [0.15, 0.2) is 0 Å². The largest absolute Gasteiger partial charge is 0.497 e. The molecular formula is C18H20ClNO4. The number of likely N-dealkylation sites (tertiary alicyclic amines) is 1. The second-order valence-electron chi connectivity index (χ2n) is 6.14. The zero-order chi connectivity index (χ0) is 17.3. The molecule has 3 rings (SSSR count). The summed E-state index contributed by atoms with van der Waals surface area (Å²) in [6.07, 6.45) is 2.95. The molecule has 1 aliphatic heterocycles. The van der Waals surface area contributed by atoms with E-state index in [9.17, 15) is 9.90 Å². The van der Waals surface area contributed by atoms with Gasteiger partial charge in [0.05, 0.1) is 25.0 Å². The van der Waals surface area contributed by atoms with Gasteiger partial charge in [-0.25, -0.2) is 0 Å². The first-order chi connectivity index (χ1) is 11.4. The third-order valence-electron chi connectivity index (χ3n) is 4.69. The second kappa shape index (κ2) is 6.49. The van der Waals surface area contributed by atoms with Crippen molar-refractivity contribution in [2.24, 2.45) is 0 Å². The van der Waals surface area contributed by atoms with E-state index >= 15 is 0 Å². The zero-order valence-electron chi connectivity index (χ0n) is 13.7. The van der Waals surface area contributed by atoms with E-state index in [0.29, 0.717) is 12.1 Å². The predicted molar refractivity (Wildman–Crippen MR) is 90.3 cm³/mol. The third-order valence-corrected chi connectivity index (χ3v) is 4.98. The van der Waals surface area contributed by atoms with Crippen LogP contribution >= 0.6 is 11.6 Å². The van der Waals surface area contributed by atoms with Crippen molar-refractivity contribution in [2.45, 2.75) is 31.4 Å². The number of aliphatic hydroxyl groups is 1. The Kier molecular flexibility index (Phi) is 4.56. The lowest BCUT2D eigenvalue weighted by molar-refractivity contribution is -0.0177. The quantitative estimate of drug-likeness (QED) is 0.918. The van der Waals surface area contributed by atoms with E-state index in [1.54, 1.807) is 37.1 Å². The van der Waals surface area contributed by atoms with Crippen LogP contribution in [0.5, 0.6) is 5.75 Å². The summed E-state index contributed by atoms with van der Waals surface area (Å²) >= 11 is 5.93. The van der Waals surface area contributed by atoms with Crippen LogP contribution in [-0.4, -0.2) is 35.6 Å². The Hall–Kier alpha value is -1.98. The molecule has 0 radical (unpaired) electrons. The molecule has 1 N–H and O–H groups in total. The van der Waals surface area contributed by atoms with Crippen LogP contribution in [-0.2, 0) is 5.60 Å². The maximum Gasteiger partial charge on any atom is 0.259 e. The Morgan fingerprint density at radius 3 is 2.67 bits per heavy atom. The maximum absolute atomic E-state index is 12.8. The highest BCUT2D eigenvalue weighted by Gasteiger charge is 2.43. The minimum Gasteiger partial charge on any atom is -0.497 e. The molecule has 5 nitrogen and oxygen atoms in total. The summed E-state index contributed by atoms with van der Waals surface area (Å²) in [4.78, 5) is 14.4. The number of methoxy groups -OCH3 is 1. The molecular weight excluding hydrogens is 330 g/mol. The van der Waals surface area contributed by atoms with Gasteiger partial charge in [-0.1, -0.05) is 12.1 Å². The van der Waals surface area contributed by atoms with Crippen LogP contribution in [0.3, 0.4) is 0 Å². The van der Waals surface area contributed by atoms with E-state index in [2.05, 4.69) is 0 Å². The van der Waals surface area contributed by atoms with Crippen molar-refractivity contribution in [2.75, 3.05) is 13.7 Å². The van der Waals surface area contributed by atoms with Gasteiger partial charge in [-0.2, -0.15) is 0 Å². The number of amides is 1. The summed E-state index contributed by atoms with van der Waals surface area (Å²) in [6.45, 7) is 2.32. The van der Waals surface area contributed by atoms with Gasteiger partial charge in [-0.3, -0.25) is 4.79 Å². The lowest BCUT2D eigenvalue weighted by Crippen LogP contribution is -2.48. The average Bonchev–Trinajstić information content (AvgIpc) is 3.23. The number of hydrogen-bond acceptors (Lipinski definition) is 4. The standard InChI is InChI=1S/C18H20ClNO4/c1-18(22,12-5-7-13(23-2)8-6-12)15-4-3-10-20(15)17(21)14-9-11-24-16(14)19/h5-9,11,15,22H,3-4,10H2,1-2H3/t15-,18+/m1/s1. The second-order valence-corrected chi connectivity index (χ2v) is 6.48. The molecule has 2 atom stereocenters. The molecule has 0 spiro atoms. The minimum atomic E-state index is -1.17. The molecule has 0 unspecified atom stereocenters. The SMILES string of the molecule is COc1ccc([C@](C)(O)[C@H]2CCCN2C(=O)c2ccoc2Cl)cc1. The first-order valence-corrected chi connectivity index (χ1v) is 8.24. The van der Waals surface area contributed by atoms with E-state index in [0.717, 1.165) is 24.2 Å². The van der Waals surface area contributed by atoms with E-state index in [-0.39, 0.29) is 17.2 Å². The molecule has 128 valence electrons. The van der Waals surface area contributed by atoms with Crippen LogP contribution in [0.4, 0.5) is 0 Å². The van der Waals surface area contributed by atoms with Gasteiger partial charge in [0, 0.05) is 6.54 Å². The topological polar surface area (TPSA) is 62.9 Å². The molecule has 1 aromatic heterocycles. The van der Waals surface area contributed by atoms with Crippen molar-refractivity contribution in [3.63, 3.8) is 0 Å². The van der Waals surface area contributed by atoms with Crippen LogP contribution < -0.4 is 4.74 Å². The fourth-order valence-corrected chi connectivity index (χ4v) is 3.51. The number of benzene rings is 1. The Bertz CT molecular complexity index is 723. The monoisotopic (exact) mass is 349 g/mol. The Morgan fingerprint density at radius 1 is 1.38 bits per heavy atom. The van der Waals surface area contributed by atoms with Gasteiger partial charge in [0.1, 0.15) is 11.4 Å². The smallest absolute Gasteiger partial charge is 0.259 e. The van der Waals surface area contributed by atoms with Crippen molar-refractivity contribution in [1.29, 1.82) is 0 Å². The maximum atomic E-state index is 12.8. The number of hydrogen-bond donors (Lipinski definition) is 1. The lowest BCUT2D eigenvalue weighted by Gasteiger charge is -2.37. The highest BCUT2D eigenvalue weighted by Crippen LogP contribution is 2.36. The van der Waals surface area contributed by atoms with Gasteiger partial charge >= 0.3 is 0 Å². The number of nitrogens with zero attached hydrogens (tertiary/aromatic N) is 1. The molecule has 0 aliphatic carbocycles. The van der Waals surface area contributed by atoms with Crippen molar-refractivity contribution in [1.82, 2.24) is 4.90 Å². The zero-order valence-corrected chi connectivity index (χ0v) is 14.4. The molecule has 6 heteroatoms. The molecule has 0 saturated carbocycles. The third kappa shape index (κ3) is 2.89. The van der Waals surface area contributed by atoms with Crippen LogP contribution in [0.1, 0.15) is 35.7 Å². The number of carbonyl (C=O) groups excluding carboxylic acids is 1. The number of rotatable bonds is 4. The highest BCUT2D eigenvalue weighted by molar-refractivity contribution is 6.32. The van der Waals surface area contributed by atoms with E-state index in [1.165, 1.54) is 6.26 Å². The van der Waals surface area contributed by atoms with Crippen molar-refractivity contribution < 1.29 is 19.1 Å². The predicted octanol–water partition coefficient (Wildman–Crippen LogP) is 3.45. The molecule has 1 fully saturated rings. The lowest BCUT2D eigenvalue weighted by atomic mass is 9.86. The molecule has 1 amide bonds. The molecule has 24 heavy (non-hydrogen) atoms. The van der Waals surface area contributed by atoms with Crippen LogP contribution in [0, 0.1) is 0 Å². The number of ether oxygens (including phenoxy) is 1. The first-order valence-electron chi connectivity index (χ1n) is 7.86. The Morgan fingerprint density at radius 2 is 2.08 bits per heavy atom. The average molecular weight is 350 g/mol. The van der Waals surface area contributed by atoms with E-state index < -0.39 is 5.60 Å². The Labute approximate surface area is 145 Å². The van der Waals surface area contributed by atoms with Crippen LogP contribution in [0.15, 0.2) is 41.0 Å². The summed E-state index contributed by atoms with van der Waals surface area (Å²) in [5.74, 6) is 0.504. The van der Waals surface area contributed by atoms with Gasteiger partial charge in [-0.05, 0) is 55.1 Å². The summed E-state index contributed by atoms with van der Waals surface area (Å²) in [5, 5.41) is 11.2. The van der Waals surface area contributed by atoms with Gasteiger partial charge in [0.25, 0.3) is 5.91 Å². The van der Waals surface area contributed by atoms with E-state index in [1.807, 2.05) is 12.1 Å². The van der Waals surface area contributed by atoms with E-state index in [4.69, 9.17) is 20.8 Å². The molecule has 1 aromatic carbocycles. The van der Waals surface area contributed by atoms with Gasteiger partial charge < -0.3 is 19.2 Å². The first kappa shape index (κ1) is 16.9. The fraction of sp³-hybridized carbons (Fsp3) is 0.389. The Balaban J connectivity index is 1.88. The van der Waals surface area contributed by atoms with Gasteiger partial charge in [0.2, 0.25) is 5.22 Å². The highest BCUT2D eigenvalue weighted by atomic mass is 35.5. The van der Waals surface area contributed by atoms with Crippen molar-refractivity contribution >= 4 is 17.5 Å². The van der Waals surface area contributed by atoms with Crippen molar-refractivity contribution in [3.8, 4) is 5.75 Å². The summed E-state index contributed by atoms with van der Waals surface area (Å²) < 4.78 is 10.2. The number of carbonyl (C=O) groups is 1. The summed E-state index contributed by atoms with van der Waals surface area (Å²) in [7, 11) is 1.60. The molecule has 1 saturated heterocycles. The number of furan rings is 1. The van der Waals surface area contributed by atoms with Gasteiger partial charge in [-0.15, -0.1) is 0 Å². The van der Waals surface area contributed by atoms with Crippen molar-refractivity contribution in [3.05, 3.63) is 52.9 Å². The normalized spacial score (nSPS) is 20.0. The summed E-state index contributed by atoms with van der Waals surface area (Å²) in [6, 6.07) is 8.48. The van der Waals surface area contributed by atoms with Crippen LogP contribution in [0.25, 0.3) is 0 Å². The number of halogens is 1.